The molecule has 39 heavy (non-hydrogen) atoms. The smallest absolute Gasteiger partial charge is 0.294 e. The molecule has 1 aliphatic heterocycles. The maximum absolute atomic E-state index is 13.0. The Morgan fingerprint density at radius 2 is 1.74 bits per heavy atom. The molecule has 2 heterocycles. The number of rotatable bonds is 10. The third-order valence-electron chi connectivity index (χ3n) is 5.86. The lowest BCUT2D eigenvalue weighted by atomic mass is 10.1. The lowest BCUT2D eigenvalue weighted by molar-refractivity contribution is -0.432. The van der Waals surface area contributed by atoms with Gasteiger partial charge in [0, 0.05) is 10.6 Å². The third kappa shape index (κ3) is 6.44. The van der Waals surface area contributed by atoms with Crippen LogP contribution in [0.2, 0.25) is 0 Å². The van der Waals surface area contributed by atoms with Gasteiger partial charge in [-0.3, -0.25) is 19.2 Å². The van der Waals surface area contributed by atoms with Crippen molar-refractivity contribution in [3.63, 3.8) is 0 Å². The van der Waals surface area contributed by atoms with Gasteiger partial charge in [-0.05, 0) is 49.3 Å². The van der Waals surface area contributed by atoms with E-state index in [1.165, 1.54) is 29.0 Å². The molecule has 0 unspecified atom stereocenters. The molecule has 2 aromatic carbocycles. The molecule has 0 radical (unpaired) electrons. The summed E-state index contributed by atoms with van der Waals surface area (Å²) >= 11 is 0.801. The van der Waals surface area contributed by atoms with E-state index in [1.54, 1.807) is 56.3 Å². The lowest BCUT2D eigenvalue weighted by Gasteiger charge is -2.13. The summed E-state index contributed by atoms with van der Waals surface area (Å²) in [6.07, 6.45) is 4.68. The summed E-state index contributed by atoms with van der Waals surface area (Å²) in [5.41, 5.74) is 2.39. The molecule has 0 fully saturated rings. The zero-order valence-corrected chi connectivity index (χ0v) is 22.4. The topological polar surface area (TPSA) is 164 Å². The summed E-state index contributed by atoms with van der Waals surface area (Å²) in [5.74, 6) is -0.450. The van der Waals surface area contributed by atoms with Crippen LogP contribution >= 0.6 is 12.0 Å². The molecule has 204 valence electrons. The number of benzene rings is 2. The Morgan fingerprint density at radius 1 is 1.05 bits per heavy atom. The first kappa shape index (κ1) is 28.2. The number of amides is 1. The van der Waals surface area contributed by atoms with Crippen LogP contribution in [0.4, 0.5) is 0 Å². The monoisotopic (exact) mass is 572 g/mol. The van der Waals surface area contributed by atoms with Crippen molar-refractivity contribution in [3.05, 3.63) is 99.0 Å². The van der Waals surface area contributed by atoms with Crippen LogP contribution in [0.25, 0.3) is 6.08 Å². The van der Waals surface area contributed by atoms with Crippen LogP contribution in [0.3, 0.4) is 0 Å². The molecule has 0 spiro atoms. The van der Waals surface area contributed by atoms with E-state index < -0.39 is 16.0 Å². The van der Waals surface area contributed by atoms with Crippen LogP contribution < -0.4 is 5.56 Å². The third-order valence-corrected chi connectivity index (χ3v) is 7.52. The van der Waals surface area contributed by atoms with Gasteiger partial charge in [0.1, 0.15) is 0 Å². The van der Waals surface area contributed by atoms with E-state index in [4.69, 9.17) is 5.26 Å². The van der Waals surface area contributed by atoms with Gasteiger partial charge in [0.25, 0.3) is 21.6 Å². The first-order chi connectivity index (χ1) is 18.6. The van der Waals surface area contributed by atoms with Gasteiger partial charge in [-0.1, -0.05) is 47.5 Å². The molecule has 0 bridgehead atoms. The van der Waals surface area contributed by atoms with E-state index in [0.717, 1.165) is 22.6 Å². The molecule has 12 nitrogen and oxygen atoms in total. The second kappa shape index (κ2) is 11.9. The molecule has 1 aliphatic rings. The molecule has 0 saturated carbocycles. The SMILES string of the molecule is CC1=NN(Cc2ccccc2S(=O)(=O)O)C(=O)/C1=C/C=C/c1c(C)[nH]n(Cc2ccccc2SOOO)c1=O. The number of aromatic amines is 1. The number of aromatic nitrogens is 2. The maximum atomic E-state index is 13.0. The average Bonchev–Trinajstić information content (AvgIpc) is 3.31. The maximum Gasteiger partial charge on any atom is 0.294 e. The molecule has 0 saturated heterocycles. The average molecular weight is 573 g/mol. The number of hydrazone groups is 1. The van der Waals surface area contributed by atoms with Gasteiger partial charge in [-0.2, -0.15) is 13.5 Å². The minimum atomic E-state index is -4.47. The summed E-state index contributed by atoms with van der Waals surface area (Å²) in [6, 6.07) is 13.0. The summed E-state index contributed by atoms with van der Waals surface area (Å²) in [5, 5.41) is 20.5. The normalized spacial score (nSPS) is 15.1. The Kier molecular flexibility index (Phi) is 8.64. The van der Waals surface area contributed by atoms with Crippen molar-refractivity contribution < 1.29 is 32.4 Å². The molecule has 0 aliphatic carbocycles. The Morgan fingerprint density at radius 3 is 2.46 bits per heavy atom. The summed E-state index contributed by atoms with van der Waals surface area (Å²) < 4.78 is 38.8. The Balaban J connectivity index is 1.51. The number of allylic oxidation sites excluding steroid dienone is 2. The zero-order valence-electron chi connectivity index (χ0n) is 20.8. The predicted molar refractivity (Wildman–Crippen MR) is 143 cm³/mol. The number of hydrogen-bond donors (Lipinski definition) is 3. The van der Waals surface area contributed by atoms with Crippen LogP contribution in [0.1, 0.15) is 29.3 Å². The number of nitrogens with zero attached hydrogens (tertiary/aromatic N) is 3. The van der Waals surface area contributed by atoms with Crippen molar-refractivity contribution in [1.29, 1.82) is 0 Å². The predicted octanol–water partition coefficient (Wildman–Crippen LogP) is 3.57. The number of carbonyl (C=O) groups excluding carboxylic acids is 1. The van der Waals surface area contributed by atoms with Crippen molar-refractivity contribution in [3.8, 4) is 0 Å². The van der Waals surface area contributed by atoms with E-state index in [-0.39, 0.29) is 34.7 Å². The Hall–Kier alpha value is -3.79. The van der Waals surface area contributed by atoms with Crippen LogP contribution in [0.15, 0.2) is 85.9 Å². The molecular weight excluding hydrogens is 548 g/mol. The largest absolute Gasteiger partial charge is 0.299 e. The van der Waals surface area contributed by atoms with Gasteiger partial charge in [0.15, 0.2) is 0 Å². The van der Waals surface area contributed by atoms with Crippen molar-refractivity contribution >= 4 is 39.9 Å². The quantitative estimate of drug-likeness (QED) is 0.108. The minimum Gasteiger partial charge on any atom is -0.299 e. The number of nitrogens with one attached hydrogen (secondary N) is 1. The summed E-state index contributed by atoms with van der Waals surface area (Å²) in [4.78, 5) is 26.3. The summed E-state index contributed by atoms with van der Waals surface area (Å²) in [7, 11) is -4.47. The molecule has 0 atom stereocenters. The van der Waals surface area contributed by atoms with Crippen molar-refractivity contribution in [2.45, 2.75) is 36.7 Å². The van der Waals surface area contributed by atoms with Gasteiger partial charge in [0.05, 0.1) is 46.9 Å². The fourth-order valence-corrected chi connectivity index (χ4v) is 5.22. The van der Waals surface area contributed by atoms with Crippen LogP contribution in [0, 0.1) is 6.92 Å². The minimum absolute atomic E-state index is 0.149. The molecular formula is C25H24N4O8S2. The van der Waals surface area contributed by atoms with E-state index in [0.29, 0.717) is 21.9 Å². The van der Waals surface area contributed by atoms with Gasteiger partial charge in [0.2, 0.25) is 0 Å². The Labute approximate surface area is 227 Å². The number of H-pyrrole nitrogens is 1. The van der Waals surface area contributed by atoms with E-state index in [1.807, 2.05) is 0 Å². The van der Waals surface area contributed by atoms with E-state index in [2.05, 4.69) is 19.6 Å². The van der Waals surface area contributed by atoms with E-state index >= 15 is 0 Å². The zero-order chi connectivity index (χ0) is 28.2. The lowest BCUT2D eigenvalue weighted by Crippen LogP contribution is -2.22. The van der Waals surface area contributed by atoms with Crippen LogP contribution in [-0.2, 0) is 37.4 Å². The highest BCUT2D eigenvalue weighted by Gasteiger charge is 2.28. The highest BCUT2D eigenvalue weighted by Crippen LogP contribution is 2.25. The molecule has 1 amide bonds. The van der Waals surface area contributed by atoms with E-state index in [9.17, 15) is 22.6 Å². The van der Waals surface area contributed by atoms with Crippen molar-refractivity contribution in [2.24, 2.45) is 5.10 Å². The highest BCUT2D eigenvalue weighted by molar-refractivity contribution is 7.94. The van der Waals surface area contributed by atoms with Crippen molar-refractivity contribution in [1.82, 2.24) is 14.8 Å². The highest BCUT2D eigenvalue weighted by atomic mass is 32.2. The number of carbonyl (C=O) groups is 1. The Bertz CT molecular complexity index is 1650. The molecule has 3 N–H and O–H groups in total. The number of aryl methyl sites for hydroxylation is 1. The molecule has 4 rings (SSSR count). The van der Waals surface area contributed by atoms with Crippen molar-refractivity contribution in [2.75, 3.05) is 0 Å². The fraction of sp³-hybridized carbons (Fsp3) is 0.160. The molecule has 1 aromatic heterocycles. The van der Waals surface area contributed by atoms with Gasteiger partial charge in [-0.25, -0.2) is 14.9 Å². The van der Waals surface area contributed by atoms with Crippen LogP contribution in [0.5, 0.6) is 0 Å². The standard InChI is InChI=1S/C25H24N4O8S2/c1-16-20(24(30)28(26-16)14-18-8-3-5-12-22(18)38-37-36-32)10-7-11-21-17(2)27-29(25(21)31)15-19-9-4-6-13-23(19)39(33,34)35/h3-13,26,32H,14-15H2,1-2H3,(H,33,34,35)/b10-7+,21-11+. The van der Waals surface area contributed by atoms with Crippen LogP contribution in [-0.4, -0.2) is 44.6 Å². The molecule has 3 aromatic rings. The first-order valence-electron chi connectivity index (χ1n) is 11.4. The second-order valence-electron chi connectivity index (χ2n) is 8.45. The molecule has 14 heteroatoms. The van der Waals surface area contributed by atoms with Gasteiger partial charge >= 0.3 is 0 Å². The fourth-order valence-electron chi connectivity index (χ4n) is 4.03. The van der Waals surface area contributed by atoms with Gasteiger partial charge < -0.3 is 0 Å². The first-order valence-corrected chi connectivity index (χ1v) is 13.6. The second-order valence-corrected chi connectivity index (χ2v) is 10.6. The summed E-state index contributed by atoms with van der Waals surface area (Å²) in [6.45, 7) is 3.44. The number of hydrogen-bond acceptors (Lipinski definition) is 9. The van der Waals surface area contributed by atoms with Gasteiger partial charge in [-0.15, -0.1) is 4.33 Å².